The average Bonchev–Trinajstić information content (AvgIpc) is 2.99. The zero-order valence-corrected chi connectivity index (χ0v) is 14.6. The summed E-state index contributed by atoms with van der Waals surface area (Å²) in [6, 6.07) is 15.5. The van der Waals surface area contributed by atoms with Gasteiger partial charge in [0.15, 0.2) is 0 Å². The quantitative estimate of drug-likeness (QED) is 0.585. The third-order valence-corrected chi connectivity index (χ3v) is 5.08. The molecule has 0 spiro atoms. The first kappa shape index (κ1) is 15.9. The van der Waals surface area contributed by atoms with Crippen molar-refractivity contribution in [2.75, 3.05) is 14.1 Å². The summed E-state index contributed by atoms with van der Waals surface area (Å²) in [5, 5.41) is 1.24. The van der Waals surface area contributed by atoms with E-state index in [-0.39, 0.29) is 5.97 Å². The van der Waals surface area contributed by atoms with E-state index in [0.717, 1.165) is 18.4 Å². The van der Waals surface area contributed by atoms with Crippen LogP contribution in [0.5, 0.6) is 5.75 Å². The molecule has 3 aromatic rings. The number of likely N-dealkylation sites (N-methyl/N-ethyl adjacent to an activating group) is 1. The minimum atomic E-state index is -0.330. The Bertz CT molecular complexity index is 912. The number of aryl methyl sites for hydroxylation is 1. The molecule has 0 fully saturated rings. The van der Waals surface area contributed by atoms with E-state index in [1.54, 1.807) is 12.1 Å². The lowest BCUT2D eigenvalue weighted by Crippen LogP contribution is -2.33. The van der Waals surface area contributed by atoms with Gasteiger partial charge in [-0.15, -0.1) is 0 Å². The fourth-order valence-corrected chi connectivity index (χ4v) is 3.63. The smallest absolute Gasteiger partial charge is 0.343 e. The molecule has 1 heterocycles. The molecule has 4 rings (SSSR count). The summed E-state index contributed by atoms with van der Waals surface area (Å²) in [5.41, 5.74) is 4.32. The van der Waals surface area contributed by atoms with Crippen LogP contribution in [0.3, 0.4) is 0 Å². The van der Waals surface area contributed by atoms with Crippen molar-refractivity contribution in [2.45, 2.75) is 25.3 Å². The van der Waals surface area contributed by atoms with Crippen molar-refractivity contribution in [2.24, 2.45) is 0 Å². The Morgan fingerprint density at radius 2 is 1.96 bits per heavy atom. The van der Waals surface area contributed by atoms with Crippen LogP contribution in [0.25, 0.3) is 10.9 Å². The molecule has 0 radical (unpaired) electrons. The summed E-state index contributed by atoms with van der Waals surface area (Å²) in [6.07, 6.45) is 3.29. The number of ether oxygens (including phenoxy) is 1. The molecular weight excluding hydrogens is 312 g/mol. The molecule has 2 aromatic carbocycles. The Kier molecular flexibility index (Phi) is 4.06. The van der Waals surface area contributed by atoms with Gasteiger partial charge in [0.25, 0.3) is 0 Å². The molecule has 1 atom stereocenters. The molecule has 0 bridgehead atoms. The first-order valence-electron chi connectivity index (χ1n) is 8.69. The predicted octanol–water partition coefficient (Wildman–Crippen LogP) is 3.81. The van der Waals surface area contributed by atoms with Gasteiger partial charge in [-0.05, 0) is 63.2 Å². The maximum atomic E-state index is 12.2. The molecular formula is C21H22N2O2. The van der Waals surface area contributed by atoms with Gasteiger partial charge >= 0.3 is 5.97 Å². The first-order valence-corrected chi connectivity index (χ1v) is 8.69. The van der Waals surface area contributed by atoms with E-state index in [1.807, 2.05) is 30.3 Å². The van der Waals surface area contributed by atoms with Crippen LogP contribution in [0.4, 0.5) is 0 Å². The van der Waals surface area contributed by atoms with Crippen LogP contribution in [-0.4, -0.2) is 36.0 Å². The van der Waals surface area contributed by atoms with Crippen LogP contribution < -0.4 is 4.74 Å². The predicted molar refractivity (Wildman–Crippen MR) is 99.2 cm³/mol. The number of nitrogens with one attached hydrogen (secondary N) is 1. The van der Waals surface area contributed by atoms with E-state index in [0.29, 0.717) is 17.4 Å². The Hall–Kier alpha value is -2.59. The van der Waals surface area contributed by atoms with E-state index >= 15 is 0 Å². The van der Waals surface area contributed by atoms with Gasteiger partial charge in [-0.3, -0.25) is 0 Å². The molecule has 1 N–H and O–H groups in total. The molecule has 1 aliphatic rings. The number of carbonyl (C=O) groups excluding carboxylic acids is 1. The summed E-state index contributed by atoms with van der Waals surface area (Å²) < 4.78 is 5.53. The van der Waals surface area contributed by atoms with Crippen molar-refractivity contribution in [3.05, 3.63) is 65.4 Å². The molecule has 1 aromatic heterocycles. The van der Waals surface area contributed by atoms with Crippen molar-refractivity contribution in [3.63, 3.8) is 0 Å². The largest absolute Gasteiger partial charge is 0.423 e. The lowest BCUT2D eigenvalue weighted by Gasteiger charge is -2.28. The third-order valence-electron chi connectivity index (χ3n) is 5.08. The SMILES string of the molecule is CN(C)C1CCc2[nH]c3cc(OC(=O)c4ccccc4)ccc3c2C1. The maximum absolute atomic E-state index is 12.2. The summed E-state index contributed by atoms with van der Waals surface area (Å²) in [4.78, 5) is 18.0. The van der Waals surface area contributed by atoms with Crippen LogP contribution in [-0.2, 0) is 12.8 Å². The highest BCUT2D eigenvalue weighted by Crippen LogP contribution is 2.32. The third kappa shape index (κ3) is 3.05. The second kappa shape index (κ2) is 6.37. The van der Waals surface area contributed by atoms with E-state index in [1.165, 1.54) is 23.1 Å². The number of aromatic nitrogens is 1. The van der Waals surface area contributed by atoms with Crippen LogP contribution in [0.1, 0.15) is 28.0 Å². The molecule has 25 heavy (non-hydrogen) atoms. The van der Waals surface area contributed by atoms with E-state index in [9.17, 15) is 4.79 Å². The second-order valence-electron chi connectivity index (χ2n) is 6.91. The summed E-state index contributed by atoms with van der Waals surface area (Å²) in [6.45, 7) is 0. The van der Waals surface area contributed by atoms with Crippen LogP contribution >= 0.6 is 0 Å². The first-order chi connectivity index (χ1) is 12.1. The highest BCUT2D eigenvalue weighted by Gasteiger charge is 2.24. The normalized spacial score (nSPS) is 16.8. The van der Waals surface area contributed by atoms with Crippen molar-refractivity contribution < 1.29 is 9.53 Å². The minimum Gasteiger partial charge on any atom is -0.423 e. The number of benzene rings is 2. The summed E-state index contributed by atoms with van der Waals surface area (Å²) in [5.74, 6) is 0.244. The monoisotopic (exact) mass is 334 g/mol. The number of H-pyrrole nitrogens is 1. The van der Waals surface area contributed by atoms with Gasteiger partial charge < -0.3 is 14.6 Å². The van der Waals surface area contributed by atoms with E-state index < -0.39 is 0 Å². The topological polar surface area (TPSA) is 45.3 Å². The lowest BCUT2D eigenvalue weighted by molar-refractivity contribution is 0.0735. The van der Waals surface area contributed by atoms with Crippen LogP contribution in [0.2, 0.25) is 0 Å². The number of rotatable bonds is 3. The zero-order chi connectivity index (χ0) is 17.4. The van der Waals surface area contributed by atoms with Gasteiger partial charge in [-0.1, -0.05) is 18.2 Å². The maximum Gasteiger partial charge on any atom is 0.343 e. The Balaban J connectivity index is 1.61. The number of aromatic amines is 1. The number of nitrogens with zero attached hydrogens (tertiary/aromatic N) is 1. The van der Waals surface area contributed by atoms with Gasteiger partial charge in [-0.25, -0.2) is 4.79 Å². The molecule has 4 heteroatoms. The van der Waals surface area contributed by atoms with Crippen LogP contribution in [0, 0.1) is 0 Å². The molecule has 0 saturated heterocycles. The Morgan fingerprint density at radius 1 is 1.16 bits per heavy atom. The highest BCUT2D eigenvalue weighted by atomic mass is 16.5. The van der Waals surface area contributed by atoms with Crippen LogP contribution in [0.15, 0.2) is 48.5 Å². The second-order valence-corrected chi connectivity index (χ2v) is 6.91. The minimum absolute atomic E-state index is 0.330. The number of hydrogen-bond acceptors (Lipinski definition) is 3. The molecule has 0 saturated carbocycles. The zero-order valence-electron chi connectivity index (χ0n) is 14.6. The molecule has 1 aliphatic carbocycles. The fraction of sp³-hybridized carbons (Fsp3) is 0.286. The molecule has 4 nitrogen and oxygen atoms in total. The van der Waals surface area contributed by atoms with E-state index in [4.69, 9.17) is 4.74 Å². The molecule has 0 amide bonds. The fourth-order valence-electron chi connectivity index (χ4n) is 3.63. The van der Waals surface area contributed by atoms with Crippen molar-refractivity contribution in [1.29, 1.82) is 0 Å². The summed E-state index contributed by atoms with van der Waals surface area (Å²) >= 11 is 0. The molecule has 0 aliphatic heterocycles. The highest BCUT2D eigenvalue weighted by molar-refractivity contribution is 5.92. The number of esters is 1. The molecule has 1 unspecified atom stereocenters. The van der Waals surface area contributed by atoms with Gasteiger partial charge in [0.2, 0.25) is 0 Å². The lowest BCUT2D eigenvalue weighted by atomic mass is 9.91. The standard InChI is InChI=1S/C21H22N2O2/c1-23(2)15-8-11-19-18(12-15)17-10-9-16(13-20(17)22-19)25-21(24)14-6-4-3-5-7-14/h3-7,9-10,13,15,22H,8,11-12H2,1-2H3. The number of carbonyl (C=O) groups is 1. The van der Waals surface area contributed by atoms with Gasteiger partial charge in [0, 0.05) is 28.7 Å². The Labute approximate surface area is 147 Å². The molecule has 128 valence electrons. The van der Waals surface area contributed by atoms with Crippen molar-refractivity contribution in [1.82, 2.24) is 9.88 Å². The van der Waals surface area contributed by atoms with Gasteiger partial charge in [0.1, 0.15) is 5.75 Å². The Morgan fingerprint density at radius 3 is 2.72 bits per heavy atom. The van der Waals surface area contributed by atoms with Crippen molar-refractivity contribution in [3.8, 4) is 5.75 Å². The van der Waals surface area contributed by atoms with Gasteiger partial charge in [-0.2, -0.15) is 0 Å². The average molecular weight is 334 g/mol. The van der Waals surface area contributed by atoms with Crippen molar-refractivity contribution >= 4 is 16.9 Å². The summed E-state index contributed by atoms with van der Waals surface area (Å²) in [7, 11) is 4.29. The van der Waals surface area contributed by atoms with Gasteiger partial charge in [0.05, 0.1) is 5.56 Å². The van der Waals surface area contributed by atoms with E-state index in [2.05, 4.69) is 30.0 Å². The number of fused-ring (bicyclic) bond motifs is 3. The number of hydrogen-bond donors (Lipinski definition) is 1.